The summed E-state index contributed by atoms with van der Waals surface area (Å²) in [7, 11) is 3.15. The van der Waals surface area contributed by atoms with Gasteiger partial charge in [-0.15, -0.1) is 0 Å². The Balaban J connectivity index is 1.47. The fourth-order valence-electron chi connectivity index (χ4n) is 3.64. The maximum Gasteiger partial charge on any atom is 0.321 e. The molecule has 1 aliphatic heterocycles. The van der Waals surface area contributed by atoms with Crippen LogP contribution < -0.4 is 19.7 Å². The largest absolute Gasteiger partial charge is 0.493 e. The second-order valence-electron chi connectivity index (χ2n) is 7.13. The molecule has 11 nitrogen and oxygen atoms in total. The number of urea groups is 1. The molecule has 2 amide bonds. The number of methoxy groups -OCH3 is 2. The molecule has 0 saturated carbocycles. The number of nitrogens with zero attached hydrogens (tertiary/aromatic N) is 5. The number of benzene rings is 2. The molecule has 0 bridgehead atoms. The van der Waals surface area contributed by atoms with E-state index < -0.39 is 4.92 Å². The van der Waals surface area contributed by atoms with Crippen molar-refractivity contribution in [3.05, 3.63) is 52.8 Å². The molecule has 2 heterocycles. The minimum Gasteiger partial charge on any atom is -0.493 e. The van der Waals surface area contributed by atoms with Crippen LogP contribution in [0.2, 0.25) is 0 Å². The second-order valence-corrected chi connectivity index (χ2v) is 7.13. The van der Waals surface area contributed by atoms with Gasteiger partial charge in [-0.25, -0.2) is 14.8 Å². The molecule has 11 heteroatoms. The Morgan fingerprint density at radius 1 is 1.06 bits per heavy atom. The van der Waals surface area contributed by atoms with Crippen LogP contribution in [0, 0.1) is 10.1 Å². The minimum atomic E-state index is -0.495. The quantitative estimate of drug-likeness (QED) is 0.476. The molecule has 1 aromatic heterocycles. The molecular weight excluding hydrogens is 416 g/mol. The Labute approximate surface area is 183 Å². The number of hydrogen-bond donors (Lipinski definition) is 1. The van der Waals surface area contributed by atoms with E-state index in [1.807, 2.05) is 12.1 Å². The summed E-state index contributed by atoms with van der Waals surface area (Å²) >= 11 is 0. The lowest BCUT2D eigenvalue weighted by atomic mass is 10.2. The number of fused-ring (bicyclic) bond motifs is 1. The molecule has 0 unspecified atom stereocenters. The van der Waals surface area contributed by atoms with Crippen molar-refractivity contribution < 1.29 is 19.2 Å². The van der Waals surface area contributed by atoms with Gasteiger partial charge in [0.05, 0.1) is 24.7 Å². The predicted molar refractivity (Wildman–Crippen MR) is 119 cm³/mol. The lowest BCUT2D eigenvalue weighted by molar-refractivity contribution is -0.384. The second kappa shape index (κ2) is 8.92. The number of non-ortho nitro benzene ring substituents is 1. The third kappa shape index (κ3) is 4.17. The van der Waals surface area contributed by atoms with Gasteiger partial charge in [0, 0.05) is 55.5 Å². The third-order valence-corrected chi connectivity index (χ3v) is 5.29. The molecule has 3 aromatic rings. The highest BCUT2D eigenvalue weighted by molar-refractivity contribution is 5.92. The Bertz CT molecular complexity index is 1160. The van der Waals surface area contributed by atoms with Gasteiger partial charge in [-0.05, 0) is 12.1 Å². The molecule has 1 aliphatic rings. The summed E-state index contributed by atoms with van der Waals surface area (Å²) in [5, 5.41) is 14.5. The highest BCUT2D eigenvalue weighted by Crippen LogP contribution is 2.35. The van der Waals surface area contributed by atoms with E-state index in [-0.39, 0.29) is 11.7 Å². The molecule has 1 N–H and O–H groups in total. The van der Waals surface area contributed by atoms with Gasteiger partial charge in [0.25, 0.3) is 5.69 Å². The number of hydrogen-bond acceptors (Lipinski definition) is 8. The van der Waals surface area contributed by atoms with E-state index in [0.717, 1.165) is 16.7 Å². The SMILES string of the molecule is COc1cc2ncnc(N3CCN(C(=O)Nc4cccc([N+](=O)[O-])c4)CC3)c2cc1OC. The summed E-state index contributed by atoms with van der Waals surface area (Å²) in [5.74, 6) is 1.94. The molecule has 2 aromatic carbocycles. The van der Waals surface area contributed by atoms with Crippen molar-refractivity contribution in [1.82, 2.24) is 14.9 Å². The standard InChI is InChI=1S/C21H22N6O5/c1-31-18-11-16-17(12-19(18)32-2)22-13-23-20(16)25-6-8-26(9-7-25)21(28)24-14-4-3-5-15(10-14)27(29)30/h3-5,10-13H,6-9H2,1-2H3,(H,24,28). The summed E-state index contributed by atoms with van der Waals surface area (Å²) in [6.45, 7) is 2.09. The number of carbonyl (C=O) groups excluding carboxylic acids is 1. The number of carbonyl (C=O) groups is 1. The number of ether oxygens (including phenoxy) is 2. The molecule has 4 rings (SSSR count). The number of anilines is 2. The normalized spacial score (nSPS) is 13.7. The van der Waals surface area contributed by atoms with Crippen LogP contribution in [-0.2, 0) is 0 Å². The van der Waals surface area contributed by atoms with Crippen LogP contribution in [0.15, 0.2) is 42.7 Å². The zero-order chi connectivity index (χ0) is 22.7. The smallest absolute Gasteiger partial charge is 0.321 e. The fourth-order valence-corrected chi connectivity index (χ4v) is 3.64. The third-order valence-electron chi connectivity index (χ3n) is 5.29. The minimum absolute atomic E-state index is 0.0738. The number of amides is 2. The van der Waals surface area contributed by atoms with Crippen molar-refractivity contribution in [2.45, 2.75) is 0 Å². The van der Waals surface area contributed by atoms with Gasteiger partial charge in [0.2, 0.25) is 0 Å². The zero-order valence-corrected chi connectivity index (χ0v) is 17.6. The summed E-state index contributed by atoms with van der Waals surface area (Å²) in [6.07, 6.45) is 1.50. The van der Waals surface area contributed by atoms with E-state index in [1.54, 1.807) is 25.2 Å². The van der Waals surface area contributed by atoms with Crippen molar-refractivity contribution in [1.29, 1.82) is 0 Å². The highest BCUT2D eigenvalue weighted by atomic mass is 16.6. The van der Waals surface area contributed by atoms with E-state index in [0.29, 0.717) is 43.4 Å². The first-order valence-electron chi connectivity index (χ1n) is 9.92. The average molecular weight is 438 g/mol. The number of nitro groups is 1. The van der Waals surface area contributed by atoms with Crippen molar-refractivity contribution in [2.75, 3.05) is 50.6 Å². The lowest BCUT2D eigenvalue weighted by Gasteiger charge is -2.35. The summed E-state index contributed by atoms with van der Waals surface area (Å²) < 4.78 is 10.8. The zero-order valence-electron chi connectivity index (χ0n) is 17.6. The maximum atomic E-state index is 12.6. The molecule has 32 heavy (non-hydrogen) atoms. The van der Waals surface area contributed by atoms with Crippen LogP contribution in [0.1, 0.15) is 0 Å². The van der Waals surface area contributed by atoms with Gasteiger partial charge in [-0.1, -0.05) is 6.07 Å². The van der Waals surface area contributed by atoms with E-state index in [9.17, 15) is 14.9 Å². The van der Waals surface area contributed by atoms with Gasteiger partial charge < -0.3 is 24.6 Å². The van der Waals surface area contributed by atoms with Gasteiger partial charge in [-0.3, -0.25) is 10.1 Å². The first-order valence-corrected chi connectivity index (χ1v) is 9.92. The van der Waals surface area contributed by atoms with Crippen LogP contribution in [-0.4, -0.2) is 66.2 Å². The monoisotopic (exact) mass is 438 g/mol. The van der Waals surface area contributed by atoms with Crippen molar-refractivity contribution in [3.63, 3.8) is 0 Å². The van der Waals surface area contributed by atoms with Gasteiger partial charge in [0.15, 0.2) is 11.5 Å². The average Bonchev–Trinajstić information content (AvgIpc) is 2.83. The molecule has 1 saturated heterocycles. The van der Waals surface area contributed by atoms with Crippen LogP contribution in [0.4, 0.5) is 22.0 Å². The molecule has 0 aliphatic carbocycles. The number of rotatable bonds is 5. The molecule has 1 fully saturated rings. The first-order chi connectivity index (χ1) is 15.5. The number of piperazine rings is 1. The Morgan fingerprint density at radius 2 is 1.78 bits per heavy atom. The lowest BCUT2D eigenvalue weighted by Crippen LogP contribution is -2.50. The maximum absolute atomic E-state index is 12.6. The first kappa shape index (κ1) is 21.1. The molecule has 166 valence electrons. The Kier molecular flexibility index (Phi) is 5.88. The van der Waals surface area contributed by atoms with E-state index >= 15 is 0 Å². The molecular formula is C21H22N6O5. The molecule has 0 spiro atoms. The summed E-state index contributed by atoms with van der Waals surface area (Å²) in [5.41, 5.74) is 1.04. The van der Waals surface area contributed by atoms with E-state index in [2.05, 4.69) is 20.2 Å². The molecule has 0 atom stereocenters. The topological polar surface area (TPSA) is 123 Å². The van der Waals surface area contributed by atoms with Crippen molar-refractivity contribution in [2.24, 2.45) is 0 Å². The Morgan fingerprint density at radius 3 is 2.47 bits per heavy atom. The van der Waals surface area contributed by atoms with E-state index in [1.165, 1.54) is 24.5 Å². The number of nitro benzene ring substituents is 1. The fraction of sp³-hybridized carbons (Fsp3) is 0.286. The van der Waals surface area contributed by atoms with Crippen LogP contribution >= 0.6 is 0 Å². The van der Waals surface area contributed by atoms with Gasteiger partial charge >= 0.3 is 6.03 Å². The summed E-state index contributed by atoms with van der Waals surface area (Å²) in [4.78, 5) is 35.6. The van der Waals surface area contributed by atoms with Gasteiger partial charge in [-0.2, -0.15) is 0 Å². The predicted octanol–water partition coefficient (Wildman–Crippen LogP) is 2.91. The van der Waals surface area contributed by atoms with Crippen molar-refractivity contribution >= 4 is 34.1 Å². The van der Waals surface area contributed by atoms with Crippen molar-refractivity contribution in [3.8, 4) is 11.5 Å². The highest BCUT2D eigenvalue weighted by Gasteiger charge is 2.24. The Hall–Kier alpha value is -4.15. The number of aromatic nitrogens is 2. The van der Waals surface area contributed by atoms with Gasteiger partial charge in [0.1, 0.15) is 12.1 Å². The number of nitrogens with one attached hydrogen (secondary N) is 1. The molecule has 0 radical (unpaired) electrons. The van der Waals surface area contributed by atoms with Crippen LogP contribution in [0.3, 0.4) is 0 Å². The van der Waals surface area contributed by atoms with E-state index in [4.69, 9.17) is 9.47 Å². The van der Waals surface area contributed by atoms with Crippen LogP contribution in [0.5, 0.6) is 11.5 Å². The summed E-state index contributed by atoms with van der Waals surface area (Å²) in [6, 6.07) is 9.23. The van der Waals surface area contributed by atoms with Crippen LogP contribution in [0.25, 0.3) is 10.9 Å².